The molecule has 0 saturated carbocycles. The Morgan fingerprint density at radius 2 is 2.15 bits per heavy atom. The predicted octanol–water partition coefficient (Wildman–Crippen LogP) is 1.53. The van der Waals surface area contributed by atoms with E-state index in [0.717, 1.165) is 32.6 Å². The maximum atomic E-state index is 12.5. The molecule has 0 aromatic heterocycles. The summed E-state index contributed by atoms with van der Waals surface area (Å²) in [5.74, 6) is -0.242. The van der Waals surface area contributed by atoms with Crippen molar-refractivity contribution in [2.24, 2.45) is 0 Å². The highest BCUT2D eigenvalue weighted by Gasteiger charge is 2.30. The molecule has 1 amide bonds. The van der Waals surface area contributed by atoms with Crippen molar-refractivity contribution in [3.63, 3.8) is 0 Å². The number of likely N-dealkylation sites (tertiary alicyclic amines) is 1. The fourth-order valence-corrected chi connectivity index (χ4v) is 2.87. The van der Waals surface area contributed by atoms with Crippen LogP contribution in [0.15, 0.2) is 18.2 Å². The second-order valence-electron chi connectivity index (χ2n) is 5.16. The Morgan fingerprint density at radius 3 is 2.80 bits per heavy atom. The number of carbonyl (C=O) groups excluding carboxylic acids is 1. The number of carbonyl (C=O) groups is 1. The van der Waals surface area contributed by atoms with E-state index >= 15 is 0 Å². The Morgan fingerprint density at radius 1 is 1.45 bits per heavy atom. The smallest absolute Gasteiger partial charge is 0.257 e. The second kappa shape index (κ2) is 6.13. The summed E-state index contributed by atoms with van der Waals surface area (Å²) in [7, 11) is 0. The topological polar surface area (TPSA) is 69.8 Å². The van der Waals surface area contributed by atoms with Gasteiger partial charge in [-0.3, -0.25) is 9.69 Å². The molecule has 1 aromatic carbocycles. The quantitative estimate of drug-likeness (QED) is 0.647. The maximum Gasteiger partial charge on any atom is 0.257 e. The number of likely N-dealkylation sites (N-methyl/N-ethyl adjacent to an activating group) is 1. The minimum atomic E-state index is -0.135. The Bertz CT molecular complexity index is 486. The van der Waals surface area contributed by atoms with Crippen molar-refractivity contribution in [1.29, 1.82) is 0 Å². The zero-order valence-electron chi connectivity index (χ0n) is 12.2. The minimum Gasteiger partial charge on any atom is -0.505 e. The maximum absolute atomic E-state index is 12.5. The van der Waals surface area contributed by atoms with Crippen LogP contribution in [0.2, 0.25) is 0 Å². The molecule has 20 heavy (non-hydrogen) atoms. The van der Waals surface area contributed by atoms with Crippen LogP contribution in [0.5, 0.6) is 5.75 Å². The highest BCUT2D eigenvalue weighted by molar-refractivity contribution is 5.98. The molecule has 1 atom stereocenters. The normalized spacial score (nSPS) is 18.8. The number of hydrogen-bond donors (Lipinski definition) is 2. The number of para-hydroxylation sites is 1. The molecular weight excluding hydrogens is 254 g/mol. The van der Waals surface area contributed by atoms with E-state index in [1.807, 2.05) is 0 Å². The number of phenols is 1. The summed E-state index contributed by atoms with van der Waals surface area (Å²) >= 11 is 0. The summed E-state index contributed by atoms with van der Waals surface area (Å²) in [6.07, 6.45) is 0.983. The standard InChI is InChI=1S/C15H23N3O2/c1-3-17(4-2)11-8-9-18(10-11)15(20)12-6-5-7-13(16)14(12)19/h5-7,11,19H,3-4,8-10,16H2,1-2H3. The molecule has 1 aliphatic rings. The van der Waals surface area contributed by atoms with Crippen molar-refractivity contribution in [2.45, 2.75) is 26.3 Å². The van der Waals surface area contributed by atoms with Gasteiger partial charge < -0.3 is 15.7 Å². The van der Waals surface area contributed by atoms with E-state index in [2.05, 4.69) is 18.7 Å². The number of nitrogens with two attached hydrogens (primary N) is 1. The van der Waals surface area contributed by atoms with Gasteiger partial charge in [0.1, 0.15) is 0 Å². The molecular formula is C15H23N3O2. The summed E-state index contributed by atoms with van der Waals surface area (Å²) in [5, 5.41) is 9.91. The van der Waals surface area contributed by atoms with Crippen LogP contribution < -0.4 is 5.73 Å². The van der Waals surface area contributed by atoms with Gasteiger partial charge in [-0.25, -0.2) is 0 Å². The third-order valence-electron chi connectivity index (χ3n) is 4.08. The third kappa shape index (κ3) is 2.72. The lowest BCUT2D eigenvalue weighted by atomic mass is 10.1. The van der Waals surface area contributed by atoms with Crippen LogP contribution in [0.1, 0.15) is 30.6 Å². The molecule has 2 rings (SSSR count). The molecule has 1 unspecified atom stereocenters. The van der Waals surface area contributed by atoms with Crippen molar-refractivity contribution in [1.82, 2.24) is 9.80 Å². The predicted molar refractivity (Wildman–Crippen MR) is 79.7 cm³/mol. The lowest BCUT2D eigenvalue weighted by molar-refractivity contribution is 0.0775. The average molecular weight is 277 g/mol. The molecule has 1 aromatic rings. The molecule has 5 heteroatoms. The number of hydrogen-bond acceptors (Lipinski definition) is 4. The molecule has 3 N–H and O–H groups in total. The van der Waals surface area contributed by atoms with Crippen LogP contribution in [0.4, 0.5) is 5.69 Å². The minimum absolute atomic E-state index is 0.108. The van der Waals surface area contributed by atoms with Gasteiger partial charge >= 0.3 is 0 Å². The van der Waals surface area contributed by atoms with Crippen LogP contribution in [0, 0.1) is 0 Å². The summed E-state index contributed by atoms with van der Waals surface area (Å²) in [4.78, 5) is 16.6. The number of anilines is 1. The van der Waals surface area contributed by atoms with Crippen LogP contribution in [-0.2, 0) is 0 Å². The molecule has 1 fully saturated rings. The first-order valence-corrected chi connectivity index (χ1v) is 7.19. The zero-order valence-corrected chi connectivity index (χ0v) is 12.2. The van der Waals surface area contributed by atoms with Gasteiger partial charge in [-0.05, 0) is 31.6 Å². The molecule has 0 radical (unpaired) electrons. The van der Waals surface area contributed by atoms with Crippen LogP contribution in [0.25, 0.3) is 0 Å². The molecule has 1 heterocycles. The molecule has 1 aliphatic heterocycles. The lowest BCUT2D eigenvalue weighted by Crippen LogP contribution is -2.38. The number of benzene rings is 1. The van der Waals surface area contributed by atoms with E-state index in [1.54, 1.807) is 23.1 Å². The number of rotatable bonds is 4. The molecule has 110 valence electrons. The van der Waals surface area contributed by atoms with Gasteiger partial charge in [-0.2, -0.15) is 0 Å². The van der Waals surface area contributed by atoms with Crippen molar-refractivity contribution < 1.29 is 9.90 Å². The Labute approximate surface area is 120 Å². The second-order valence-corrected chi connectivity index (χ2v) is 5.16. The van der Waals surface area contributed by atoms with E-state index < -0.39 is 0 Å². The summed E-state index contributed by atoms with van der Waals surface area (Å²) in [6.45, 7) is 7.71. The summed E-state index contributed by atoms with van der Waals surface area (Å²) in [5.41, 5.74) is 6.19. The number of nitrogens with zero attached hydrogens (tertiary/aromatic N) is 2. The molecule has 1 saturated heterocycles. The average Bonchev–Trinajstić information content (AvgIpc) is 2.92. The van der Waals surface area contributed by atoms with Gasteiger partial charge in [-0.15, -0.1) is 0 Å². The highest BCUT2D eigenvalue weighted by Crippen LogP contribution is 2.27. The number of amides is 1. The summed E-state index contributed by atoms with van der Waals surface area (Å²) in [6, 6.07) is 5.32. The Balaban J connectivity index is 2.10. The fourth-order valence-electron chi connectivity index (χ4n) is 2.87. The SMILES string of the molecule is CCN(CC)C1CCN(C(=O)c2cccc(N)c2O)C1. The molecule has 5 nitrogen and oxygen atoms in total. The highest BCUT2D eigenvalue weighted by atomic mass is 16.3. The number of aromatic hydroxyl groups is 1. The van der Waals surface area contributed by atoms with E-state index in [9.17, 15) is 9.90 Å². The molecule has 0 aliphatic carbocycles. The zero-order chi connectivity index (χ0) is 14.7. The van der Waals surface area contributed by atoms with Crippen molar-refractivity contribution in [3.8, 4) is 5.75 Å². The fraction of sp³-hybridized carbons (Fsp3) is 0.533. The largest absolute Gasteiger partial charge is 0.505 e. The van der Waals surface area contributed by atoms with Gasteiger partial charge in [0, 0.05) is 19.1 Å². The summed E-state index contributed by atoms with van der Waals surface area (Å²) < 4.78 is 0. The number of phenolic OH excluding ortho intramolecular Hbond substituents is 1. The van der Waals surface area contributed by atoms with Gasteiger partial charge in [0.25, 0.3) is 5.91 Å². The number of nitrogen functional groups attached to an aromatic ring is 1. The van der Waals surface area contributed by atoms with Gasteiger partial charge in [0.15, 0.2) is 5.75 Å². The monoisotopic (exact) mass is 277 g/mol. The molecule has 0 spiro atoms. The van der Waals surface area contributed by atoms with Crippen LogP contribution in [0.3, 0.4) is 0 Å². The first-order chi connectivity index (χ1) is 9.58. The van der Waals surface area contributed by atoms with Crippen molar-refractivity contribution in [2.75, 3.05) is 31.9 Å². The van der Waals surface area contributed by atoms with Gasteiger partial charge in [0.2, 0.25) is 0 Å². The van der Waals surface area contributed by atoms with E-state index in [1.165, 1.54) is 0 Å². The Kier molecular flexibility index (Phi) is 4.49. The first-order valence-electron chi connectivity index (χ1n) is 7.19. The Hall–Kier alpha value is -1.75. The van der Waals surface area contributed by atoms with Crippen LogP contribution >= 0.6 is 0 Å². The van der Waals surface area contributed by atoms with Gasteiger partial charge in [-0.1, -0.05) is 19.9 Å². The van der Waals surface area contributed by atoms with E-state index in [0.29, 0.717) is 11.6 Å². The molecule has 0 bridgehead atoms. The van der Waals surface area contributed by atoms with Crippen LogP contribution in [-0.4, -0.2) is 53.0 Å². The first kappa shape index (κ1) is 14.7. The third-order valence-corrected chi connectivity index (χ3v) is 4.08. The van der Waals surface area contributed by atoms with E-state index in [4.69, 9.17) is 5.73 Å². The van der Waals surface area contributed by atoms with Crippen molar-refractivity contribution >= 4 is 11.6 Å². The lowest BCUT2D eigenvalue weighted by Gasteiger charge is -2.26. The van der Waals surface area contributed by atoms with E-state index in [-0.39, 0.29) is 17.3 Å². The van der Waals surface area contributed by atoms with Gasteiger partial charge in [0.05, 0.1) is 11.3 Å². The van der Waals surface area contributed by atoms with Crippen molar-refractivity contribution in [3.05, 3.63) is 23.8 Å².